The number of anilines is 1. The average Bonchev–Trinajstić information content (AvgIpc) is 3.70. The van der Waals surface area contributed by atoms with E-state index in [1.54, 1.807) is 22.9 Å². The number of nitriles is 1. The molecule has 2 aliphatic carbocycles. The van der Waals surface area contributed by atoms with E-state index in [2.05, 4.69) is 23.3 Å². The van der Waals surface area contributed by atoms with Gasteiger partial charge in [-0.3, -0.25) is 9.59 Å². The van der Waals surface area contributed by atoms with Crippen molar-refractivity contribution in [3.8, 4) is 6.07 Å². The third kappa shape index (κ3) is 4.81. The highest BCUT2D eigenvalue weighted by Gasteiger charge is 2.44. The maximum atomic E-state index is 12.6. The fourth-order valence-electron chi connectivity index (χ4n) is 4.92. The molecule has 2 saturated carbocycles. The van der Waals surface area contributed by atoms with Gasteiger partial charge in [0.05, 0.1) is 22.9 Å². The topological polar surface area (TPSA) is 104 Å². The summed E-state index contributed by atoms with van der Waals surface area (Å²) in [5.74, 6) is 1.90. The van der Waals surface area contributed by atoms with Crippen LogP contribution in [0.2, 0.25) is 0 Å². The number of likely N-dealkylation sites (tertiary alicyclic amines) is 1. The van der Waals surface area contributed by atoms with Gasteiger partial charge in [0.1, 0.15) is 0 Å². The fourth-order valence-corrected chi connectivity index (χ4v) is 4.92. The number of pyridine rings is 1. The Balaban J connectivity index is 0.000000310. The van der Waals surface area contributed by atoms with Crippen LogP contribution in [0.25, 0.3) is 0 Å². The van der Waals surface area contributed by atoms with Crippen LogP contribution in [-0.2, 0) is 12.1 Å². The van der Waals surface area contributed by atoms with Crippen LogP contribution in [0.1, 0.15) is 59.7 Å². The molecule has 0 spiro atoms. The summed E-state index contributed by atoms with van der Waals surface area (Å²) in [6.45, 7) is 6.94. The van der Waals surface area contributed by atoms with Gasteiger partial charge in [-0.05, 0) is 68.7 Å². The summed E-state index contributed by atoms with van der Waals surface area (Å²) in [5.41, 5.74) is 8.37. The quantitative estimate of drug-likeness (QED) is 0.733. The van der Waals surface area contributed by atoms with Crippen LogP contribution in [0.15, 0.2) is 35.3 Å². The van der Waals surface area contributed by atoms with Crippen LogP contribution in [-0.4, -0.2) is 35.5 Å². The molecule has 2 aromatic rings. The Bertz CT molecular complexity index is 1150. The number of fused-ring (bicyclic) bond motifs is 1. The molecule has 33 heavy (non-hydrogen) atoms. The SMILES string of the molecule is CCC1(n2cc(C(=O)NCc3cccc(C#N)c3C)c(N)cc2=O)CC1.CN1CC2CC2C1. The molecular weight excluding hydrogens is 414 g/mol. The number of rotatable bonds is 5. The zero-order valence-corrected chi connectivity index (χ0v) is 19.7. The number of hydrogen-bond acceptors (Lipinski definition) is 5. The van der Waals surface area contributed by atoms with Crippen molar-refractivity contribution in [2.45, 2.75) is 51.6 Å². The van der Waals surface area contributed by atoms with E-state index in [9.17, 15) is 9.59 Å². The number of carbonyl (C=O) groups excluding carboxylic acids is 1. The van der Waals surface area contributed by atoms with Crippen LogP contribution in [0.4, 0.5) is 5.69 Å². The molecule has 7 nitrogen and oxygen atoms in total. The molecule has 1 aliphatic heterocycles. The lowest BCUT2D eigenvalue weighted by Gasteiger charge is -2.18. The van der Waals surface area contributed by atoms with Gasteiger partial charge in [-0.2, -0.15) is 5.26 Å². The Kier molecular flexibility index (Phi) is 6.31. The first-order valence-electron chi connectivity index (χ1n) is 11.8. The van der Waals surface area contributed by atoms with Gasteiger partial charge in [0.15, 0.2) is 0 Å². The Labute approximate surface area is 195 Å². The maximum absolute atomic E-state index is 12.6. The summed E-state index contributed by atoms with van der Waals surface area (Å²) in [6, 6.07) is 8.87. The van der Waals surface area contributed by atoms with Gasteiger partial charge in [-0.1, -0.05) is 19.1 Å². The number of amides is 1. The molecule has 1 aromatic carbocycles. The highest BCUT2D eigenvalue weighted by atomic mass is 16.2. The van der Waals surface area contributed by atoms with Crippen molar-refractivity contribution < 1.29 is 4.79 Å². The van der Waals surface area contributed by atoms with Crippen molar-refractivity contribution in [1.82, 2.24) is 14.8 Å². The molecule has 3 aliphatic rings. The summed E-state index contributed by atoms with van der Waals surface area (Å²) >= 11 is 0. The van der Waals surface area contributed by atoms with E-state index in [0.29, 0.717) is 11.1 Å². The molecule has 5 rings (SSSR count). The molecule has 174 valence electrons. The summed E-state index contributed by atoms with van der Waals surface area (Å²) < 4.78 is 1.65. The molecule has 0 radical (unpaired) electrons. The van der Waals surface area contributed by atoms with Gasteiger partial charge in [0, 0.05) is 37.4 Å². The first-order valence-corrected chi connectivity index (χ1v) is 11.8. The van der Waals surface area contributed by atoms with Crippen molar-refractivity contribution in [2.24, 2.45) is 11.8 Å². The van der Waals surface area contributed by atoms with Gasteiger partial charge in [0.2, 0.25) is 0 Å². The van der Waals surface area contributed by atoms with E-state index in [4.69, 9.17) is 11.0 Å². The molecule has 1 aromatic heterocycles. The minimum absolute atomic E-state index is 0.169. The zero-order chi connectivity index (χ0) is 23.8. The lowest BCUT2D eigenvalue weighted by Crippen LogP contribution is -2.33. The van der Waals surface area contributed by atoms with E-state index >= 15 is 0 Å². The minimum atomic E-state index is -0.329. The second-order valence-corrected chi connectivity index (χ2v) is 9.79. The van der Waals surface area contributed by atoms with E-state index in [-0.39, 0.29) is 29.2 Å². The first kappa shape index (κ1) is 23.1. The van der Waals surface area contributed by atoms with Crippen LogP contribution in [0.3, 0.4) is 0 Å². The molecule has 3 fully saturated rings. The van der Waals surface area contributed by atoms with E-state index < -0.39 is 0 Å². The van der Waals surface area contributed by atoms with Gasteiger partial charge in [-0.25, -0.2) is 0 Å². The summed E-state index contributed by atoms with van der Waals surface area (Å²) in [6.07, 6.45) is 5.84. The number of nitrogen functional groups attached to an aromatic ring is 1. The van der Waals surface area contributed by atoms with Crippen molar-refractivity contribution in [3.63, 3.8) is 0 Å². The summed E-state index contributed by atoms with van der Waals surface area (Å²) in [7, 11) is 2.21. The van der Waals surface area contributed by atoms with Crippen LogP contribution in [0, 0.1) is 30.1 Å². The van der Waals surface area contributed by atoms with Crippen LogP contribution < -0.4 is 16.6 Å². The Morgan fingerprint density at radius 1 is 1.30 bits per heavy atom. The average molecular weight is 448 g/mol. The van der Waals surface area contributed by atoms with Crippen molar-refractivity contribution in [1.29, 1.82) is 5.26 Å². The van der Waals surface area contributed by atoms with Gasteiger partial charge >= 0.3 is 0 Å². The predicted octanol–water partition coefficient (Wildman–Crippen LogP) is 3.01. The Hall–Kier alpha value is -3.11. The van der Waals surface area contributed by atoms with Crippen molar-refractivity contribution in [2.75, 3.05) is 25.9 Å². The van der Waals surface area contributed by atoms with E-state index in [0.717, 1.165) is 42.2 Å². The summed E-state index contributed by atoms with van der Waals surface area (Å²) in [4.78, 5) is 27.3. The zero-order valence-electron chi connectivity index (χ0n) is 19.7. The largest absolute Gasteiger partial charge is 0.398 e. The molecule has 0 bridgehead atoms. The lowest BCUT2D eigenvalue weighted by molar-refractivity contribution is 0.0950. The smallest absolute Gasteiger partial charge is 0.255 e. The third-order valence-electron chi connectivity index (χ3n) is 7.49. The Morgan fingerprint density at radius 3 is 2.55 bits per heavy atom. The third-order valence-corrected chi connectivity index (χ3v) is 7.49. The maximum Gasteiger partial charge on any atom is 0.255 e. The van der Waals surface area contributed by atoms with E-state index in [1.807, 2.05) is 19.9 Å². The molecular formula is C26H33N5O2. The Morgan fingerprint density at radius 2 is 2.00 bits per heavy atom. The van der Waals surface area contributed by atoms with Gasteiger partial charge in [0.25, 0.3) is 11.5 Å². The monoisotopic (exact) mass is 447 g/mol. The molecule has 2 heterocycles. The molecule has 3 N–H and O–H groups in total. The molecule has 2 atom stereocenters. The number of nitrogens with two attached hydrogens (primary N) is 1. The van der Waals surface area contributed by atoms with Crippen LogP contribution in [0.5, 0.6) is 0 Å². The predicted molar refractivity (Wildman–Crippen MR) is 129 cm³/mol. The number of hydrogen-bond donors (Lipinski definition) is 2. The molecule has 1 saturated heterocycles. The number of aromatic nitrogens is 1. The summed E-state index contributed by atoms with van der Waals surface area (Å²) in [5, 5.41) is 12.0. The lowest BCUT2D eigenvalue weighted by atomic mass is 10.0. The number of piperidine rings is 1. The number of benzene rings is 1. The number of nitrogens with zero attached hydrogens (tertiary/aromatic N) is 3. The van der Waals surface area contributed by atoms with Gasteiger partial charge in [-0.15, -0.1) is 0 Å². The highest BCUT2D eigenvalue weighted by Crippen LogP contribution is 2.45. The molecule has 2 unspecified atom stereocenters. The highest BCUT2D eigenvalue weighted by molar-refractivity contribution is 5.98. The standard InChI is InChI=1S/C20H22N4O2.C6H11N/c1-3-20(7-8-20)24-12-16(17(22)9-18(24)25)19(26)23-11-15-6-4-5-14(10-21)13(15)2;1-7-3-5-2-6(5)4-7/h4-6,9,12H,3,7-8,11,22H2,1-2H3,(H,23,26);5-6H,2-4H2,1H3. The van der Waals surface area contributed by atoms with Crippen LogP contribution >= 0.6 is 0 Å². The first-order chi connectivity index (χ1) is 15.8. The normalized spacial score (nSPS) is 21.9. The fraction of sp³-hybridized carbons (Fsp3) is 0.500. The van der Waals surface area contributed by atoms with Gasteiger partial charge < -0.3 is 20.5 Å². The second kappa shape index (κ2) is 9.03. The molecule has 1 amide bonds. The second-order valence-electron chi connectivity index (χ2n) is 9.79. The minimum Gasteiger partial charge on any atom is -0.398 e. The molecule has 7 heteroatoms. The van der Waals surface area contributed by atoms with Crippen molar-refractivity contribution in [3.05, 3.63) is 63.1 Å². The van der Waals surface area contributed by atoms with Crippen molar-refractivity contribution >= 4 is 11.6 Å². The number of nitrogens with one attached hydrogen (secondary N) is 1. The van der Waals surface area contributed by atoms with E-state index in [1.165, 1.54) is 25.6 Å². The number of carbonyl (C=O) groups is 1.